The minimum atomic E-state index is -0.790. The van der Waals surface area contributed by atoms with Gasteiger partial charge in [-0.15, -0.1) is 0 Å². The molecule has 1 amide bonds. The molecule has 2 aliphatic heterocycles. The second kappa shape index (κ2) is 8.23. The third-order valence-electron chi connectivity index (χ3n) is 4.96. The van der Waals surface area contributed by atoms with E-state index in [1.54, 1.807) is 7.11 Å². The Morgan fingerprint density at radius 1 is 1.52 bits per heavy atom. The fourth-order valence-corrected chi connectivity index (χ4v) is 3.60. The lowest BCUT2D eigenvalue weighted by atomic mass is 10.1. The molecule has 7 heteroatoms. The maximum Gasteiger partial charge on any atom is 0.251 e. The monoisotopic (exact) mass is 352 g/mol. The summed E-state index contributed by atoms with van der Waals surface area (Å²) >= 11 is 0. The Balaban J connectivity index is 1.54. The third kappa shape index (κ3) is 4.36. The number of nitrogens with zero attached hydrogens (tertiary/aromatic N) is 1. The van der Waals surface area contributed by atoms with E-state index < -0.39 is 23.9 Å². The Morgan fingerprint density at radius 3 is 3.12 bits per heavy atom. The fourth-order valence-electron chi connectivity index (χ4n) is 3.60. The van der Waals surface area contributed by atoms with Crippen LogP contribution in [0.2, 0.25) is 0 Å². The van der Waals surface area contributed by atoms with Gasteiger partial charge in [-0.3, -0.25) is 9.69 Å². The van der Waals surface area contributed by atoms with E-state index in [0.717, 1.165) is 19.4 Å². The van der Waals surface area contributed by atoms with Crippen LogP contribution in [0.4, 0.5) is 4.39 Å². The molecule has 25 heavy (non-hydrogen) atoms. The van der Waals surface area contributed by atoms with E-state index >= 15 is 0 Å². The van der Waals surface area contributed by atoms with Gasteiger partial charge in [0.05, 0.1) is 25.4 Å². The van der Waals surface area contributed by atoms with Crippen molar-refractivity contribution in [2.75, 3.05) is 33.4 Å². The summed E-state index contributed by atoms with van der Waals surface area (Å²) in [4.78, 5) is 14.5. The van der Waals surface area contributed by atoms with Gasteiger partial charge >= 0.3 is 0 Å². The van der Waals surface area contributed by atoms with Gasteiger partial charge in [0.1, 0.15) is 11.9 Å². The second-order valence-corrected chi connectivity index (χ2v) is 6.70. The molecule has 0 aliphatic carbocycles. The molecule has 1 aromatic carbocycles. The van der Waals surface area contributed by atoms with Crippen molar-refractivity contribution in [2.45, 2.75) is 37.1 Å². The number of likely N-dealkylation sites (tertiary alicyclic amines) is 1. The van der Waals surface area contributed by atoms with E-state index in [4.69, 9.17) is 9.47 Å². The van der Waals surface area contributed by atoms with E-state index in [1.807, 2.05) is 0 Å². The fraction of sp³-hybridized carbons (Fsp3) is 0.611. The number of benzene rings is 1. The van der Waals surface area contributed by atoms with Crippen LogP contribution in [0.5, 0.6) is 0 Å². The zero-order valence-electron chi connectivity index (χ0n) is 14.4. The number of hydrogen-bond acceptors (Lipinski definition) is 5. The van der Waals surface area contributed by atoms with Gasteiger partial charge in [0.25, 0.3) is 5.91 Å². The maximum atomic E-state index is 13.2. The van der Waals surface area contributed by atoms with Crippen molar-refractivity contribution >= 4 is 5.91 Å². The van der Waals surface area contributed by atoms with Gasteiger partial charge in [-0.05, 0) is 37.6 Å². The first-order valence-corrected chi connectivity index (χ1v) is 8.67. The van der Waals surface area contributed by atoms with Crippen molar-refractivity contribution in [3.8, 4) is 0 Å². The minimum Gasteiger partial charge on any atom is -0.388 e. The molecule has 1 aromatic rings. The Kier molecular flexibility index (Phi) is 6.01. The zero-order chi connectivity index (χ0) is 17.8. The number of ether oxygens (including phenoxy) is 2. The summed E-state index contributed by atoms with van der Waals surface area (Å²) < 4.78 is 24.2. The summed E-state index contributed by atoms with van der Waals surface area (Å²) in [6, 6.07) is 5.34. The van der Waals surface area contributed by atoms with Crippen molar-refractivity contribution in [1.82, 2.24) is 10.2 Å². The number of hydrogen-bond donors (Lipinski definition) is 2. The highest BCUT2D eigenvalue weighted by molar-refractivity contribution is 5.94. The van der Waals surface area contributed by atoms with Gasteiger partial charge < -0.3 is 19.9 Å². The number of nitrogens with one attached hydrogen (secondary N) is 1. The first-order chi connectivity index (χ1) is 12.1. The first-order valence-electron chi connectivity index (χ1n) is 8.67. The molecular formula is C18H25FN2O4. The summed E-state index contributed by atoms with van der Waals surface area (Å²) in [7, 11) is 1.69. The predicted molar refractivity (Wildman–Crippen MR) is 89.9 cm³/mol. The largest absolute Gasteiger partial charge is 0.388 e. The second-order valence-electron chi connectivity index (χ2n) is 6.70. The molecule has 0 saturated carbocycles. The molecule has 0 aromatic heterocycles. The summed E-state index contributed by atoms with van der Waals surface area (Å²) in [5, 5.41) is 13.2. The Morgan fingerprint density at radius 2 is 2.36 bits per heavy atom. The maximum absolute atomic E-state index is 13.2. The molecule has 2 heterocycles. The van der Waals surface area contributed by atoms with Crippen LogP contribution in [0.3, 0.4) is 0 Å². The number of carbonyl (C=O) groups excluding carboxylic acids is 1. The molecule has 4 atom stereocenters. The molecule has 0 unspecified atom stereocenters. The Labute approximate surface area is 146 Å². The van der Waals surface area contributed by atoms with Gasteiger partial charge in [0.2, 0.25) is 0 Å². The molecule has 2 N–H and O–H groups in total. The number of amides is 1. The normalized spacial score (nSPS) is 29.9. The van der Waals surface area contributed by atoms with Gasteiger partial charge in [-0.2, -0.15) is 0 Å². The van der Waals surface area contributed by atoms with Gasteiger partial charge in [-0.25, -0.2) is 4.39 Å². The van der Waals surface area contributed by atoms with Crippen LogP contribution in [-0.4, -0.2) is 73.6 Å². The van der Waals surface area contributed by atoms with Crippen LogP contribution in [-0.2, 0) is 9.47 Å². The summed E-state index contributed by atoms with van der Waals surface area (Å²) in [5.41, 5.74) is 0.232. The van der Waals surface area contributed by atoms with Crippen LogP contribution in [0.25, 0.3) is 0 Å². The Hall–Kier alpha value is -1.54. The SMILES string of the molecule is COC[C@H]1CCCN1C[C@@H]1OC[C@H](NC(=O)c2cccc(F)c2)[C@H]1O. The molecule has 138 valence electrons. The highest BCUT2D eigenvalue weighted by Gasteiger charge is 2.39. The average molecular weight is 352 g/mol. The molecule has 0 spiro atoms. The van der Waals surface area contributed by atoms with Crippen molar-refractivity contribution in [1.29, 1.82) is 0 Å². The van der Waals surface area contributed by atoms with E-state index in [2.05, 4.69) is 10.2 Å². The molecule has 2 saturated heterocycles. The molecular weight excluding hydrogens is 327 g/mol. The highest BCUT2D eigenvalue weighted by atomic mass is 19.1. The number of aliphatic hydroxyl groups excluding tert-OH is 1. The number of halogens is 1. The van der Waals surface area contributed by atoms with Crippen molar-refractivity contribution < 1.29 is 23.8 Å². The van der Waals surface area contributed by atoms with Crippen molar-refractivity contribution in [3.05, 3.63) is 35.6 Å². The number of carbonyl (C=O) groups is 1. The van der Waals surface area contributed by atoms with Gasteiger partial charge in [-0.1, -0.05) is 6.07 Å². The van der Waals surface area contributed by atoms with Crippen LogP contribution in [0.15, 0.2) is 24.3 Å². The lowest BCUT2D eigenvalue weighted by Crippen LogP contribution is -2.47. The van der Waals surface area contributed by atoms with E-state index in [9.17, 15) is 14.3 Å². The predicted octanol–water partition coefficient (Wildman–Crippen LogP) is 0.795. The van der Waals surface area contributed by atoms with Gasteiger partial charge in [0.15, 0.2) is 0 Å². The Bertz CT molecular complexity index is 600. The number of aliphatic hydroxyl groups is 1. The molecule has 3 rings (SSSR count). The summed E-state index contributed by atoms with van der Waals surface area (Å²) in [5.74, 6) is -0.877. The van der Waals surface area contributed by atoms with Crippen molar-refractivity contribution in [2.24, 2.45) is 0 Å². The average Bonchev–Trinajstić information content (AvgIpc) is 3.17. The zero-order valence-corrected chi connectivity index (χ0v) is 14.4. The number of methoxy groups -OCH3 is 1. The van der Waals surface area contributed by atoms with Crippen LogP contribution in [0, 0.1) is 5.82 Å². The van der Waals surface area contributed by atoms with Gasteiger partial charge in [0, 0.05) is 25.3 Å². The first kappa shape index (κ1) is 18.3. The molecule has 0 radical (unpaired) electrons. The minimum absolute atomic E-state index is 0.232. The number of rotatable bonds is 6. The van der Waals surface area contributed by atoms with E-state index in [1.165, 1.54) is 24.3 Å². The highest BCUT2D eigenvalue weighted by Crippen LogP contribution is 2.22. The lowest BCUT2D eigenvalue weighted by molar-refractivity contribution is 0.00456. The molecule has 2 fully saturated rings. The quantitative estimate of drug-likeness (QED) is 0.792. The standard InChI is InChI=1S/C18H25FN2O4/c1-24-10-14-6-3-7-21(14)9-16-17(22)15(11-25-16)20-18(23)12-4-2-5-13(19)8-12/h2,4-5,8,14-17,22H,3,6-7,9-11H2,1H3,(H,20,23)/t14-,15+,16+,17-/m1/s1. The van der Waals surface area contributed by atoms with Crippen LogP contribution < -0.4 is 5.32 Å². The van der Waals surface area contributed by atoms with E-state index in [-0.39, 0.29) is 18.3 Å². The van der Waals surface area contributed by atoms with Crippen LogP contribution in [0.1, 0.15) is 23.2 Å². The molecule has 2 aliphatic rings. The van der Waals surface area contributed by atoms with Crippen molar-refractivity contribution in [3.63, 3.8) is 0 Å². The third-order valence-corrected chi connectivity index (χ3v) is 4.96. The molecule has 0 bridgehead atoms. The lowest BCUT2D eigenvalue weighted by Gasteiger charge is -2.28. The van der Waals surface area contributed by atoms with E-state index in [0.29, 0.717) is 19.2 Å². The summed E-state index contributed by atoms with van der Waals surface area (Å²) in [6.45, 7) is 2.49. The summed E-state index contributed by atoms with van der Waals surface area (Å²) in [6.07, 6.45) is 1.05. The van der Waals surface area contributed by atoms with Crippen LogP contribution >= 0.6 is 0 Å². The topological polar surface area (TPSA) is 71.0 Å². The smallest absolute Gasteiger partial charge is 0.251 e. The molecule has 6 nitrogen and oxygen atoms in total.